The average molecular weight is 264 g/mol. The van der Waals surface area contributed by atoms with Crippen LogP contribution in [0.1, 0.15) is 9.88 Å². The van der Waals surface area contributed by atoms with E-state index in [1.54, 1.807) is 23.6 Å². The third-order valence-electron chi connectivity index (χ3n) is 2.37. The van der Waals surface area contributed by atoms with Gasteiger partial charge in [-0.2, -0.15) is 0 Å². The maximum atomic E-state index is 10.6. The van der Waals surface area contributed by atoms with Gasteiger partial charge in [0.05, 0.1) is 27.9 Å². The minimum atomic E-state index is -0.466. The molecule has 0 spiro atoms. The second kappa shape index (κ2) is 5.01. The molecule has 1 heterocycles. The molecule has 0 saturated heterocycles. The average Bonchev–Trinajstić information content (AvgIpc) is 2.73. The normalized spacial score (nSPS) is 10.3. The first-order valence-corrected chi connectivity index (χ1v) is 6.07. The lowest BCUT2D eigenvalue weighted by Crippen LogP contribution is -2.02. The molecule has 0 bridgehead atoms. The van der Waals surface area contributed by atoms with Crippen LogP contribution in [0.3, 0.4) is 0 Å². The van der Waals surface area contributed by atoms with Crippen LogP contribution >= 0.6 is 11.3 Å². The Labute approximate surface area is 108 Å². The number of hydrogen-bond acceptors (Lipinski definition) is 6. The van der Waals surface area contributed by atoms with E-state index >= 15 is 0 Å². The van der Waals surface area contributed by atoms with Gasteiger partial charge in [0, 0.05) is 23.2 Å². The number of nitrogens with zero attached hydrogens (tertiary/aromatic N) is 2. The molecular weight excluding hydrogens is 252 g/mol. The topological polar surface area (TPSA) is 94.1 Å². The highest BCUT2D eigenvalue weighted by atomic mass is 32.1. The van der Waals surface area contributed by atoms with Gasteiger partial charge in [0.1, 0.15) is 0 Å². The predicted octanol–water partition coefficient (Wildman–Crippen LogP) is 2.55. The third kappa shape index (κ3) is 2.75. The summed E-state index contributed by atoms with van der Waals surface area (Å²) >= 11 is 1.60. The lowest BCUT2D eigenvalue weighted by Gasteiger charge is -2.07. The van der Waals surface area contributed by atoms with Crippen molar-refractivity contribution in [3.05, 3.63) is 44.4 Å². The number of aromatic nitrogens is 1. The van der Waals surface area contributed by atoms with Gasteiger partial charge in [-0.15, -0.1) is 11.3 Å². The minimum absolute atomic E-state index is 0.00770. The molecule has 0 saturated carbocycles. The largest absolute Gasteiger partial charge is 0.397 e. The Kier molecular flexibility index (Phi) is 3.42. The van der Waals surface area contributed by atoms with Crippen molar-refractivity contribution in [3.8, 4) is 0 Å². The number of rotatable bonds is 4. The van der Waals surface area contributed by atoms with Crippen molar-refractivity contribution in [2.45, 2.75) is 13.5 Å². The summed E-state index contributed by atoms with van der Waals surface area (Å²) in [5.74, 6) is 0. The van der Waals surface area contributed by atoms with E-state index in [1.165, 1.54) is 12.1 Å². The van der Waals surface area contributed by atoms with Gasteiger partial charge in [-0.25, -0.2) is 4.98 Å². The van der Waals surface area contributed by atoms with Gasteiger partial charge in [0.25, 0.3) is 5.69 Å². The fraction of sp³-hybridized carbons (Fsp3) is 0.182. The molecule has 0 aliphatic rings. The Morgan fingerprint density at radius 3 is 2.89 bits per heavy atom. The molecule has 6 nitrogen and oxygen atoms in total. The van der Waals surface area contributed by atoms with Gasteiger partial charge < -0.3 is 11.1 Å². The molecule has 0 fully saturated rings. The Bertz CT molecular complexity index is 582. The Morgan fingerprint density at radius 1 is 1.56 bits per heavy atom. The molecule has 3 N–H and O–H groups in total. The number of hydrogen-bond donors (Lipinski definition) is 2. The molecular formula is C11H12N4O2S. The van der Waals surface area contributed by atoms with Gasteiger partial charge in [0.15, 0.2) is 0 Å². The standard InChI is InChI=1S/C11H12N4O2S/c1-7-13-5-9(18-7)6-14-11-3-2-8(15(16)17)4-10(11)12/h2-5,14H,6,12H2,1H3. The number of nitro benzene ring substituents is 1. The number of non-ortho nitro benzene ring substituents is 1. The summed E-state index contributed by atoms with van der Waals surface area (Å²) in [4.78, 5) is 15.3. The fourth-order valence-corrected chi connectivity index (χ4v) is 2.23. The van der Waals surface area contributed by atoms with Crippen LogP contribution in [0.25, 0.3) is 0 Å². The molecule has 2 aromatic rings. The summed E-state index contributed by atoms with van der Waals surface area (Å²) in [6, 6.07) is 4.39. The van der Waals surface area contributed by atoms with E-state index in [1.807, 2.05) is 6.92 Å². The molecule has 18 heavy (non-hydrogen) atoms. The monoisotopic (exact) mass is 264 g/mol. The van der Waals surface area contributed by atoms with E-state index in [2.05, 4.69) is 10.3 Å². The van der Waals surface area contributed by atoms with Gasteiger partial charge in [-0.05, 0) is 13.0 Å². The van der Waals surface area contributed by atoms with Crippen LogP contribution in [0, 0.1) is 17.0 Å². The Hall–Kier alpha value is -2.15. The lowest BCUT2D eigenvalue weighted by molar-refractivity contribution is -0.384. The van der Waals surface area contributed by atoms with Crippen LogP contribution in [0.2, 0.25) is 0 Å². The number of anilines is 2. The van der Waals surface area contributed by atoms with Crippen molar-refractivity contribution in [2.75, 3.05) is 11.1 Å². The number of thiazole rings is 1. The van der Waals surface area contributed by atoms with Crippen LogP contribution in [0.4, 0.5) is 17.1 Å². The first-order valence-electron chi connectivity index (χ1n) is 5.25. The number of nitro groups is 1. The van der Waals surface area contributed by atoms with Crippen molar-refractivity contribution in [3.63, 3.8) is 0 Å². The number of nitrogens with one attached hydrogen (secondary N) is 1. The summed E-state index contributed by atoms with van der Waals surface area (Å²) in [5, 5.41) is 14.7. The number of nitrogens with two attached hydrogens (primary N) is 1. The minimum Gasteiger partial charge on any atom is -0.397 e. The van der Waals surface area contributed by atoms with E-state index in [-0.39, 0.29) is 5.69 Å². The molecule has 0 aliphatic carbocycles. The van der Waals surface area contributed by atoms with E-state index in [4.69, 9.17) is 5.73 Å². The van der Waals surface area contributed by atoms with Crippen LogP contribution in [-0.4, -0.2) is 9.91 Å². The predicted molar refractivity (Wildman–Crippen MR) is 71.7 cm³/mol. The van der Waals surface area contributed by atoms with E-state index in [9.17, 15) is 10.1 Å². The molecule has 0 atom stereocenters. The van der Waals surface area contributed by atoms with Gasteiger partial charge in [-0.3, -0.25) is 10.1 Å². The highest BCUT2D eigenvalue weighted by molar-refractivity contribution is 7.11. The lowest BCUT2D eigenvalue weighted by atomic mass is 10.2. The van der Waals surface area contributed by atoms with Crippen molar-refractivity contribution in [1.29, 1.82) is 0 Å². The SMILES string of the molecule is Cc1ncc(CNc2ccc([N+](=O)[O-])cc2N)s1. The third-order valence-corrected chi connectivity index (χ3v) is 3.28. The summed E-state index contributed by atoms with van der Waals surface area (Å²) in [6.07, 6.45) is 1.80. The zero-order valence-electron chi connectivity index (χ0n) is 9.71. The quantitative estimate of drug-likeness (QED) is 0.502. The molecule has 7 heteroatoms. The first-order chi connectivity index (χ1) is 8.56. The number of aryl methyl sites for hydroxylation is 1. The molecule has 94 valence electrons. The molecule has 1 aromatic carbocycles. The maximum absolute atomic E-state index is 10.6. The molecule has 0 aliphatic heterocycles. The summed E-state index contributed by atoms with van der Waals surface area (Å²) in [7, 11) is 0. The molecule has 1 aromatic heterocycles. The summed E-state index contributed by atoms with van der Waals surface area (Å²) in [6.45, 7) is 2.54. The smallest absolute Gasteiger partial charge is 0.271 e. The number of benzene rings is 1. The van der Waals surface area contributed by atoms with Gasteiger partial charge in [-0.1, -0.05) is 0 Å². The van der Waals surface area contributed by atoms with Crippen LogP contribution < -0.4 is 11.1 Å². The van der Waals surface area contributed by atoms with E-state index in [0.717, 1.165) is 9.88 Å². The second-order valence-corrected chi connectivity index (χ2v) is 5.05. The Balaban J connectivity index is 2.08. The molecule has 0 radical (unpaired) electrons. The Morgan fingerprint density at radius 2 is 2.33 bits per heavy atom. The maximum Gasteiger partial charge on any atom is 0.271 e. The zero-order chi connectivity index (χ0) is 13.1. The van der Waals surface area contributed by atoms with Crippen LogP contribution in [-0.2, 0) is 6.54 Å². The van der Waals surface area contributed by atoms with Crippen molar-refractivity contribution >= 4 is 28.4 Å². The first kappa shape index (κ1) is 12.3. The van der Waals surface area contributed by atoms with E-state index < -0.39 is 4.92 Å². The van der Waals surface area contributed by atoms with Crippen LogP contribution in [0.5, 0.6) is 0 Å². The second-order valence-electron chi connectivity index (χ2n) is 3.73. The highest BCUT2D eigenvalue weighted by Gasteiger charge is 2.08. The fourth-order valence-electron chi connectivity index (χ4n) is 1.49. The van der Waals surface area contributed by atoms with Crippen molar-refractivity contribution in [2.24, 2.45) is 0 Å². The molecule has 2 rings (SSSR count). The van der Waals surface area contributed by atoms with E-state index in [0.29, 0.717) is 17.9 Å². The highest BCUT2D eigenvalue weighted by Crippen LogP contribution is 2.25. The van der Waals surface area contributed by atoms with Gasteiger partial charge in [0.2, 0.25) is 0 Å². The molecule has 0 unspecified atom stereocenters. The van der Waals surface area contributed by atoms with Crippen molar-refractivity contribution < 1.29 is 4.92 Å². The van der Waals surface area contributed by atoms with Gasteiger partial charge >= 0.3 is 0 Å². The zero-order valence-corrected chi connectivity index (χ0v) is 10.5. The van der Waals surface area contributed by atoms with Crippen LogP contribution in [0.15, 0.2) is 24.4 Å². The summed E-state index contributed by atoms with van der Waals surface area (Å²) < 4.78 is 0. The summed E-state index contributed by atoms with van der Waals surface area (Å²) in [5.41, 5.74) is 6.79. The molecule has 0 amide bonds. The van der Waals surface area contributed by atoms with Crippen molar-refractivity contribution in [1.82, 2.24) is 4.98 Å². The number of nitrogen functional groups attached to an aromatic ring is 1.